The summed E-state index contributed by atoms with van der Waals surface area (Å²) in [5.74, 6) is 0.137. The van der Waals surface area contributed by atoms with Crippen LogP contribution in [0.5, 0.6) is 0 Å². The molecule has 0 fully saturated rings. The lowest BCUT2D eigenvalue weighted by atomic mass is 10.0. The van der Waals surface area contributed by atoms with Gasteiger partial charge in [0.2, 0.25) is 0 Å². The number of fused-ring (bicyclic) bond motifs is 1. The van der Waals surface area contributed by atoms with E-state index in [0.717, 1.165) is 39.6 Å². The molecule has 5 aromatic rings. The Morgan fingerprint density at radius 3 is 2.55 bits per heavy atom. The Morgan fingerprint density at radius 1 is 0.909 bits per heavy atom. The number of nitrogens with zero attached hydrogens (tertiary/aromatic N) is 5. The van der Waals surface area contributed by atoms with E-state index in [4.69, 9.17) is 0 Å². The number of aryl methyl sites for hydroxylation is 1. The topological polar surface area (TPSA) is 60.0 Å². The molecule has 0 radical (unpaired) electrons. The van der Waals surface area contributed by atoms with Gasteiger partial charge in [-0.3, -0.25) is 4.68 Å². The fourth-order valence-electron chi connectivity index (χ4n) is 3.67. The first-order valence-electron chi connectivity index (χ1n) is 10.3. The first-order chi connectivity index (χ1) is 16.0. The van der Waals surface area contributed by atoms with E-state index < -0.39 is 11.6 Å². The molecule has 166 valence electrons. The van der Waals surface area contributed by atoms with Crippen LogP contribution in [0.25, 0.3) is 39.0 Å². The molecule has 4 aromatic heterocycles. The fourth-order valence-corrected chi connectivity index (χ4v) is 4.06. The lowest BCUT2D eigenvalue weighted by Crippen LogP contribution is -1.96. The monoisotopic (exact) mass is 462 g/mol. The molecule has 0 saturated carbocycles. The number of benzene rings is 1. The van der Waals surface area contributed by atoms with Gasteiger partial charge >= 0.3 is 0 Å². The lowest BCUT2D eigenvalue weighted by molar-refractivity contribution is 0.585. The van der Waals surface area contributed by atoms with Gasteiger partial charge < -0.3 is 4.72 Å². The Balaban J connectivity index is 1.61. The molecule has 4 heterocycles. The highest BCUT2D eigenvalue weighted by atomic mass is 32.2. The van der Waals surface area contributed by atoms with E-state index in [2.05, 4.69) is 19.9 Å². The summed E-state index contributed by atoms with van der Waals surface area (Å²) in [6.45, 7) is 2.02. The van der Waals surface area contributed by atoms with Crippen LogP contribution in [0.15, 0.2) is 67.3 Å². The summed E-state index contributed by atoms with van der Waals surface area (Å²) in [4.78, 5) is 4.55. The molecule has 9 heteroatoms. The van der Waals surface area contributed by atoms with E-state index in [1.165, 1.54) is 24.1 Å². The minimum Gasteiger partial charge on any atom is -0.314 e. The highest BCUT2D eigenvalue weighted by Crippen LogP contribution is 2.33. The number of hydrogen-bond acceptors (Lipinski definition) is 5. The number of nitrogens with one attached hydrogen (secondary N) is 1. The molecule has 0 aliphatic rings. The van der Waals surface area contributed by atoms with Crippen LogP contribution < -0.4 is 4.72 Å². The van der Waals surface area contributed by atoms with Crippen molar-refractivity contribution in [2.75, 3.05) is 10.5 Å². The molecule has 0 bridgehead atoms. The Hall–Kier alpha value is -3.72. The van der Waals surface area contributed by atoms with Crippen molar-refractivity contribution in [3.05, 3.63) is 78.9 Å². The van der Waals surface area contributed by atoms with Crippen LogP contribution in [0.4, 0.5) is 14.6 Å². The van der Waals surface area contributed by atoms with Crippen molar-refractivity contribution in [2.45, 2.75) is 6.92 Å². The number of pyridine rings is 2. The van der Waals surface area contributed by atoms with Crippen LogP contribution in [-0.2, 0) is 7.05 Å². The maximum absolute atomic E-state index is 14.5. The van der Waals surface area contributed by atoms with Crippen LogP contribution in [0.2, 0.25) is 0 Å². The van der Waals surface area contributed by atoms with E-state index in [0.29, 0.717) is 11.5 Å². The third-order valence-corrected chi connectivity index (χ3v) is 5.86. The summed E-state index contributed by atoms with van der Waals surface area (Å²) in [5.41, 5.74) is 5.24. The van der Waals surface area contributed by atoms with Gasteiger partial charge in [0.15, 0.2) is 0 Å². The molecule has 0 saturated heterocycles. The maximum Gasteiger partial charge on any atom is 0.137 e. The third-order valence-electron chi connectivity index (χ3n) is 5.22. The summed E-state index contributed by atoms with van der Waals surface area (Å²) in [6, 6.07) is 11.2. The van der Waals surface area contributed by atoms with Crippen LogP contribution in [0.1, 0.15) is 6.92 Å². The first-order valence-corrected chi connectivity index (χ1v) is 11.3. The molecule has 33 heavy (non-hydrogen) atoms. The average Bonchev–Trinajstić information content (AvgIpc) is 3.43. The minimum atomic E-state index is -0.658. The van der Waals surface area contributed by atoms with Crippen LogP contribution in [0, 0.1) is 11.6 Å². The normalized spacial score (nSPS) is 11.3. The highest BCUT2D eigenvalue weighted by Gasteiger charge is 2.15. The van der Waals surface area contributed by atoms with E-state index in [9.17, 15) is 8.78 Å². The van der Waals surface area contributed by atoms with Crippen LogP contribution in [-0.4, -0.2) is 30.1 Å². The Morgan fingerprint density at radius 2 is 1.79 bits per heavy atom. The second-order valence-electron chi connectivity index (χ2n) is 7.49. The molecule has 1 N–H and O–H groups in total. The second kappa shape index (κ2) is 8.67. The van der Waals surface area contributed by atoms with E-state index in [-0.39, 0.29) is 5.56 Å². The maximum atomic E-state index is 14.5. The zero-order chi connectivity index (χ0) is 22.9. The summed E-state index contributed by atoms with van der Waals surface area (Å²) in [5, 5.41) is 8.76. The highest BCUT2D eigenvalue weighted by molar-refractivity contribution is 8.00. The quantitative estimate of drug-likeness (QED) is 0.322. The zero-order valence-corrected chi connectivity index (χ0v) is 18.8. The second-order valence-corrected chi connectivity index (χ2v) is 8.56. The van der Waals surface area contributed by atoms with Crippen molar-refractivity contribution < 1.29 is 8.78 Å². The number of halogens is 2. The van der Waals surface area contributed by atoms with E-state index >= 15 is 0 Å². The Labute approximate surface area is 193 Å². The standard InChI is InChI=1S/C24H20F2N6S/c1-3-33-30-24-9-16(8-22(29-24)19-6-5-18(25)10-21(19)26)20-12-28-32-14-15(4-7-23(20)32)17-11-27-31(2)13-17/h4-14H,3H2,1-2H3,(H,29,30). The number of anilines is 1. The van der Waals surface area contributed by atoms with Gasteiger partial charge in [0, 0.05) is 53.5 Å². The van der Waals surface area contributed by atoms with E-state index in [1.807, 2.05) is 49.1 Å². The SMILES string of the molecule is CCSNc1cc(-c2cnn3cc(-c4cnn(C)c4)ccc23)cc(-c2ccc(F)cc2F)n1. The molecule has 1 aromatic carbocycles. The van der Waals surface area contributed by atoms with Gasteiger partial charge in [-0.15, -0.1) is 0 Å². The smallest absolute Gasteiger partial charge is 0.137 e. The number of hydrogen-bond donors (Lipinski definition) is 1. The van der Waals surface area contributed by atoms with E-state index in [1.54, 1.807) is 23.1 Å². The van der Waals surface area contributed by atoms with Crippen molar-refractivity contribution in [1.82, 2.24) is 24.4 Å². The van der Waals surface area contributed by atoms with Crippen molar-refractivity contribution in [3.8, 4) is 33.5 Å². The Kier molecular flexibility index (Phi) is 5.55. The van der Waals surface area contributed by atoms with Gasteiger partial charge in [0.05, 0.1) is 23.6 Å². The van der Waals surface area contributed by atoms with Gasteiger partial charge in [-0.2, -0.15) is 10.2 Å². The Bertz CT molecular complexity index is 1460. The molecular weight excluding hydrogens is 442 g/mol. The molecule has 5 rings (SSSR count). The van der Waals surface area contributed by atoms with Crippen molar-refractivity contribution in [2.24, 2.45) is 7.05 Å². The van der Waals surface area contributed by atoms with Gasteiger partial charge in [0.1, 0.15) is 17.5 Å². The molecule has 0 aliphatic carbocycles. The molecule has 0 spiro atoms. The fraction of sp³-hybridized carbons (Fsp3) is 0.125. The van der Waals surface area contributed by atoms with Crippen LogP contribution in [0.3, 0.4) is 0 Å². The molecule has 0 atom stereocenters. The zero-order valence-electron chi connectivity index (χ0n) is 18.0. The van der Waals surface area contributed by atoms with Crippen molar-refractivity contribution in [3.63, 3.8) is 0 Å². The van der Waals surface area contributed by atoms with Gasteiger partial charge in [-0.05, 0) is 35.9 Å². The van der Waals surface area contributed by atoms with Crippen LogP contribution >= 0.6 is 11.9 Å². The summed E-state index contributed by atoms with van der Waals surface area (Å²) in [6.07, 6.45) is 7.48. The van der Waals surface area contributed by atoms with Gasteiger partial charge in [-0.1, -0.05) is 24.9 Å². The summed E-state index contributed by atoms with van der Waals surface area (Å²) in [7, 11) is 1.88. The third kappa shape index (κ3) is 4.19. The minimum absolute atomic E-state index is 0.234. The van der Waals surface area contributed by atoms with Gasteiger partial charge in [-0.25, -0.2) is 18.3 Å². The number of aromatic nitrogens is 5. The molecule has 0 aliphatic heterocycles. The molecule has 6 nitrogen and oxygen atoms in total. The lowest BCUT2D eigenvalue weighted by Gasteiger charge is -2.11. The molecule has 0 amide bonds. The van der Waals surface area contributed by atoms with Gasteiger partial charge in [0.25, 0.3) is 0 Å². The van der Waals surface area contributed by atoms with Crippen molar-refractivity contribution in [1.29, 1.82) is 0 Å². The summed E-state index contributed by atoms with van der Waals surface area (Å²) >= 11 is 1.49. The number of rotatable bonds is 6. The van der Waals surface area contributed by atoms with Crippen molar-refractivity contribution >= 4 is 23.3 Å². The first kappa shape index (κ1) is 21.1. The predicted molar refractivity (Wildman–Crippen MR) is 128 cm³/mol. The molecule has 0 unspecified atom stereocenters. The predicted octanol–water partition coefficient (Wildman–Crippen LogP) is 5.82. The largest absolute Gasteiger partial charge is 0.314 e. The average molecular weight is 463 g/mol. The molecular formula is C24H20F2N6S. The summed E-state index contributed by atoms with van der Waals surface area (Å²) < 4.78 is 34.7.